The molecular formula is C18H19N5O2. The first-order valence-corrected chi connectivity index (χ1v) is 7.95. The summed E-state index contributed by atoms with van der Waals surface area (Å²) >= 11 is 0. The van der Waals surface area contributed by atoms with Crippen molar-refractivity contribution in [2.45, 2.75) is 13.0 Å². The molecule has 2 aromatic heterocycles. The summed E-state index contributed by atoms with van der Waals surface area (Å²) in [5, 5.41) is 19.0. The van der Waals surface area contributed by atoms with E-state index in [1.807, 2.05) is 30.3 Å². The second-order valence-corrected chi connectivity index (χ2v) is 5.52. The normalized spacial score (nSPS) is 10.4. The molecule has 7 nitrogen and oxygen atoms in total. The number of phenols is 1. The van der Waals surface area contributed by atoms with E-state index in [2.05, 4.69) is 20.7 Å². The van der Waals surface area contributed by atoms with Crippen LogP contribution in [0.5, 0.6) is 5.75 Å². The van der Waals surface area contributed by atoms with Crippen LogP contribution in [0.4, 0.5) is 10.6 Å². The largest absolute Gasteiger partial charge is 0.508 e. The molecule has 0 bridgehead atoms. The highest BCUT2D eigenvalue weighted by atomic mass is 16.3. The van der Waals surface area contributed by atoms with E-state index < -0.39 is 0 Å². The second-order valence-electron chi connectivity index (χ2n) is 5.52. The summed E-state index contributed by atoms with van der Waals surface area (Å²) in [5.41, 5.74) is 1.94. The van der Waals surface area contributed by atoms with Gasteiger partial charge in [0.05, 0.1) is 12.2 Å². The Kier molecular flexibility index (Phi) is 5.26. The van der Waals surface area contributed by atoms with Gasteiger partial charge in [-0.1, -0.05) is 18.2 Å². The van der Waals surface area contributed by atoms with Gasteiger partial charge in [-0.3, -0.25) is 15.0 Å². The number of amides is 2. The van der Waals surface area contributed by atoms with E-state index in [1.54, 1.807) is 35.3 Å². The lowest BCUT2D eigenvalue weighted by Crippen LogP contribution is -2.30. The van der Waals surface area contributed by atoms with E-state index in [0.29, 0.717) is 25.3 Å². The zero-order chi connectivity index (χ0) is 17.5. The smallest absolute Gasteiger partial charge is 0.320 e. The minimum absolute atomic E-state index is 0.232. The zero-order valence-corrected chi connectivity index (χ0v) is 13.6. The molecule has 7 heteroatoms. The number of anilines is 1. The van der Waals surface area contributed by atoms with Gasteiger partial charge >= 0.3 is 6.03 Å². The third-order valence-corrected chi connectivity index (χ3v) is 3.57. The molecule has 0 aliphatic heterocycles. The summed E-state index contributed by atoms with van der Waals surface area (Å²) in [6, 6.07) is 14.1. The number of carbonyl (C=O) groups excluding carboxylic acids is 1. The van der Waals surface area contributed by atoms with Crippen molar-refractivity contribution in [1.82, 2.24) is 20.1 Å². The first-order valence-electron chi connectivity index (χ1n) is 7.95. The molecule has 0 aliphatic rings. The predicted molar refractivity (Wildman–Crippen MR) is 94.4 cm³/mol. The Hall–Kier alpha value is -3.35. The van der Waals surface area contributed by atoms with Gasteiger partial charge in [0.1, 0.15) is 5.75 Å². The molecule has 0 saturated carbocycles. The molecule has 0 spiro atoms. The number of nitrogens with zero attached hydrogens (tertiary/aromatic N) is 3. The molecule has 0 atom stereocenters. The highest BCUT2D eigenvalue weighted by molar-refractivity contribution is 5.88. The maximum absolute atomic E-state index is 11.9. The second kappa shape index (κ2) is 7.96. The number of hydrogen-bond acceptors (Lipinski definition) is 4. The van der Waals surface area contributed by atoms with Crippen LogP contribution >= 0.6 is 0 Å². The Morgan fingerprint density at radius 1 is 1.12 bits per heavy atom. The van der Waals surface area contributed by atoms with Gasteiger partial charge in [0.2, 0.25) is 0 Å². The Morgan fingerprint density at radius 3 is 2.72 bits per heavy atom. The van der Waals surface area contributed by atoms with Crippen molar-refractivity contribution in [2.75, 3.05) is 11.9 Å². The van der Waals surface area contributed by atoms with E-state index in [9.17, 15) is 9.90 Å². The van der Waals surface area contributed by atoms with Crippen LogP contribution in [-0.4, -0.2) is 32.4 Å². The third-order valence-electron chi connectivity index (χ3n) is 3.57. The van der Waals surface area contributed by atoms with Crippen LogP contribution in [0.3, 0.4) is 0 Å². The molecule has 0 fully saturated rings. The number of pyridine rings is 1. The molecule has 25 heavy (non-hydrogen) atoms. The lowest BCUT2D eigenvalue weighted by Gasteiger charge is -2.06. The first-order chi connectivity index (χ1) is 12.2. The average molecular weight is 337 g/mol. The maximum Gasteiger partial charge on any atom is 0.320 e. The Bertz CT molecular complexity index is 815. The topological polar surface area (TPSA) is 92.1 Å². The summed E-state index contributed by atoms with van der Waals surface area (Å²) in [7, 11) is 0. The zero-order valence-electron chi connectivity index (χ0n) is 13.6. The van der Waals surface area contributed by atoms with Crippen molar-refractivity contribution in [3.05, 3.63) is 72.2 Å². The Labute approximate surface area is 145 Å². The summed E-state index contributed by atoms with van der Waals surface area (Å²) in [4.78, 5) is 16.1. The van der Waals surface area contributed by atoms with Gasteiger partial charge in [-0.15, -0.1) is 0 Å². The van der Waals surface area contributed by atoms with Gasteiger partial charge in [0.25, 0.3) is 0 Å². The number of phenolic OH excluding ortho intramolecular Hbond substituents is 1. The lowest BCUT2D eigenvalue weighted by molar-refractivity contribution is 0.252. The van der Waals surface area contributed by atoms with Crippen LogP contribution in [0, 0.1) is 0 Å². The standard InChI is InChI=1S/C18H19N5O2/c24-16-6-4-14(5-7-16)8-11-20-18(25)21-17-9-12-23(22-17)13-15-3-1-2-10-19-15/h1-7,9-10,12,24H,8,11,13H2,(H2,20,21,22,25). The molecule has 0 radical (unpaired) electrons. The van der Waals surface area contributed by atoms with Crippen LogP contribution in [0.2, 0.25) is 0 Å². The monoisotopic (exact) mass is 337 g/mol. The van der Waals surface area contributed by atoms with Crippen LogP contribution in [-0.2, 0) is 13.0 Å². The lowest BCUT2D eigenvalue weighted by atomic mass is 10.1. The van der Waals surface area contributed by atoms with Gasteiger partial charge in [0, 0.05) is 25.0 Å². The highest BCUT2D eigenvalue weighted by Gasteiger charge is 2.05. The minimum atomic E-state index is -0.304. The summed E-state index contributed by atoms with van der Waals surface area (Å²) < 4.78 is 1.72. The molecule has 3 N–H and O–H groups in total. The molecule has 0 aliphatic carbocycles. The quantitative estimate of drug-likeness (QED) is 0.644. The number of carbonyl (C=O) groups is 1. The SMILES string of the molecule is O=C(NCCc1ccc(O)cc1)Nc1ccn(Cc2ccccn2)n1. The van der Waals surface area contributed by atoms with Gasteiger partial charge in [0.15, 0.2) is 5.82 Å². The summed E-state index contributed by atoms with van der Waals surface area (Å²) in [6.07, 6.45) is 4.21. The molecule has 2 heterocycles. The molecule has 128 valence electrons. The van der Waals surface area contributed by atoms with E-state index in [1.165, 1.54) is 0 Å². The fourth-order valence-corrected chi connectivity index (χ4v) is 2.32. The predicted octanol–water partition coefficient (Wildman–Crippen LogP) is 2.40. The molecular weight excluding hydrogens is 318 g/mol. The minimum Gasteiger partial charge on any atom is -0.508 e. The van der Waals surface area contributed by atoms with Gasteiger partial charge < -0.3 is 10.4 Å². The number of nitrogens with one attached hydrogen (secondary N) is 2. The molecule has 0 unspecified atom stereocenters. The molecule has 0 saturated heterocycles. The van der Waals surface area contributed by atoms with Gasteiger partial charge in [-0.25, -0.2) is 4.79 Å². The van der Waals surface area contributed by atoms with Gasteiger partial charge in [-0.05, 0) is 36.2 Å². The highest BCUT2D eigenvalue weighted by Crippen LogP contribution is 2.09. The number of rotatable bonds is 6. The number of urea groups is 1. The van der Waals surface area contributed by atoms with Crippen molar-refractivity contribution >= 4 is 11.8 Å². The van der Waals surface area contributed by atoms with Crippen molar-refractivity contribution < 1.29 is 9.90 Å². The fourth-order valence-electron chi connectivity index (χ4n) is 2.32. The number of benzene rings is 1. The number of aromatic nitrogens is 3. The van der Waals surface area contributed by atoms with E-state index >= 15 is 0 Å². The first kappa shape index (κ1) is 16.5. The van der Waals surface area contributed by atoms with Crippen molar-refractivity contribution in [3.8, 4) is 5.75 Å². The summed E-state index contributed by atoms with van der Waals surface area (Å²) in [6.45, 7) is 1.04. The maximum atomic E-state index is 11.9. The van der Waals surface area contributed by atoms with Crippen LogP contribution in [0.15, 0.2) is 60.9 Å². The van der Waals surface area contributed by atoms with Crippen molar-refractivity contribution in [2.24, 2.45) is 0 Å². The third kappa shape index (κ3) is 5.07. The van der Waals surface area contributed by atoms with E-state index in [4.69, 9.17) is 0 Å². The molecule has 3 aromatic rings. The van der Waals surface area contributed by atoms with Gasteiger partial charge in [-0.2, -0.15) is 5.10 Å². The number of aromatic hydroxyl groups is 1. The Morgan fingerprint density at radius 2 is 1.96 bits per heavy atom. The summed E-state index contributed by atoms with van der Waals surface area (Å²) in [5.74, 6) is 0.716. The van der Waals surface area contributed by atoms with E-state index in [-0.39, 0.29) is 11.8 Å². The fraction of sp³-hybridized carbons (Fsp3) is 0.167. The van der Waals surface area contributed by atoms with Crippen LogP contribution in [0.1, 0.15) is 11.3 Å². The molecule has 1 aromatic carbocycles. The van der Waals surface area contributed by atoms with Crippen LogP contribution in [0.25, 0.3) is 0 Å². The number of hydrogen-bond donors (Lipinski definition) is 3. The molecule has 2 amide bonds. The van der Waals surface area contributed by atoms with Crippen LogP contribution < -0.4 is 10.6 Å². The van der Waals surface area contributed by atoms with E-state index in [0.717, 1.165) is 11.3 Å². The Balaban J connectivity index is 1.44. The molecule has 3 rings (SSSR count). The average Bonchev–Trinajstić information content (AvgIpc) is 3.04. The van der Waals surface area contributed by atoms with Crippen molar-refractivity contribution in [3.63, 3.8) is 0 Å². The van der Waals surface area contributed by atoms with Crippen molar-refractivity contribution in [1.29, 1.82) is 0 Å².